The van der Waals surface area contributed by atoms with Gasteiger partial charge in [0, 0.05) is 41.8 Å². The molecule has 1 amide bonds. The van der Waals surface area contributed by atoms with Crippen LogP contribution in [0.3, 0.4) is 0 Å². The van der Waals surface area contributed by atoms with Gasteiger partial charge in [0.25, 0.3) is 5.91 Å². The van der Waals surface area contributed by atoms with Gasteiger partial charge in [-0.15, -0.1) is 0 Å². The molecule has 1 saturated heterocycles. The van der Waals surface area contributed by atoms with Crippen LogP contribution in [0, 0.1) is 6.92 Å². The molecule has 1 unspecified atom stereocenters. The number of benzene rings is 2. The van der Waals surface area contributed by atoms with Gasteiger partial charge in [-0.3, -0.25) is 4.79 Å². The van der Waals surface area contributed by atoms with Crippen LogP contribution >= 0.6 is 11.6 Å². The molecule has 1 N–H and O–H groups in total. The maximum atomic E-state index is 13.2. The maximum absolute atomic E-state index is 13.2. The van der Waals surface area contributed by atoms with Gasteiger partial charge in [0.15, 0.2) is 0 Å². The molecule has 0 saturated carbocycles. The second-order valence-corrected chi connectivity index (χ2v) is 8.18. The van der Waals surface area contributed by atoms with Crippen molar-refractivity contribution in [1.82, 2.24) is 5.32 Å². The average molecular weight is 411 g/mol. The molecule has 2 aliphatic rings. The number of nitrogens with zero attached hydrogens (tertiary/aromatic N) is 1. The van der Waals surface area contributed by atoms with E-state index in [1.165, 1.54) is 5.69 Å². The van der Waals surface area contributed by atoms with Crippen LogP contribution in [0.15, 0.2) is 48.6 Å². The summed E-state index contributed by atoms with van der Waals surface area (Å²) in [5, 5.41) is 3.80. The number of carbonyl (C=O) groups excluding carboxylic acids is 1. The summed E-state index contributed by atoms with van der Waals surface area (Å²) in [5.41, 5.74) is 5.20. The standard InChI is InChI=1S/C24H27ClN2O2/c1-17-14-21(27-10-12-29-13-11-27)15-22(19-4-2-3-5-19)23(17)24(28)26-16-18-6-8-20(25)9-7-18/h2,4,6-9,14-15,19H,3,5,10-13,16H2,1H3,(H,26,28). The van der Waals surface area contributed by atoms with Gasteiger partial charge in [-0.1, -0.05) is 35.9 Å². The second-order valence-electron chi connectivity index (χ2n) is 7.75. The Morgan fingerprint density at radius 1 is 1.21 bits per heavy atom. The number of hydrogen-bond acceptors (Lipinski definition) is 3. The molecule has 5 heteroatoms. The SMILES string of the molecule is Cc1cc(N2CCOCC2)cc(C2C=CCC2)c1C(=O)NCc1ccc(Cl)cc1. The van der Waals surface area contributed by atoms with Gasteiger partial charge in [0.2, 0.25) is 0 Å². The van der Waals surface area contributed by atoms with Gasteiger partial charge in [0.1, 0.15) is 0 Å². The summed E-state index contributed by atoms with van der Waals surface area (Å²) in [6, 6.07) is 11.9. The van der Waals surface area contributed by atoms with Crippen LogP contribution in [0.5, 0.6) is 0 Å². The fourth-order valence-electron chi connectivity index (χ4n) is 4.17. The number of morpholine rings is 1. The highest BCUT2D eigenvalue weighted by atomic mass is 35.5. The van der Waals surface area contributed by atoms with Crippen LogP contribution in [0.25, 0.3) is 0 Å². The van der Waals surface area contributed by atoms with Crippen molar-refractivity contribution in [3.05, 3.63) is 75.8 Å². The molecule has 0 radical (unpaired) electrons. The molecule has 1 aliphatic heterocycles. The van der Waals surface area contributed by atoms with Gasteiger partial charge in [-0.2, -0.15) is 0 Å². The van der Waals surface area contributed by atoms with Gasteiger partial charge in [-0.25, -0.2) is 0 Å². The highest BCUT2D eigenvalue weighted by Crippen LogP contribution is 2.35. The first-order chi connectivity index (χ1) is 14.1. The Balaban J connectivity index is 1.60. The number of allylic oxidation sites excluding steroid dienone is 2. The average Bonchev–Trinajstić information content (AvgIpc) is 3.28. The Kier molecular flexibility index (Phi) is 6.22. The number of aryl methyl sites for hydroxylation is 1. The molecule has 4 nitrogen and oxygen atoms in total. The summed E-state index contributed by atoms with van der Waals surface area (Å²) in [6.45, 7) is 5.81. The van der Waals surface area contributed by atoms with Crippen LogP contribution < -0.4 is 10.2 Å². The van der Waals surface area contributed by atoms with Crippen molar-refractivity contribution in [1.29, 1.82) is 0 Å². The third-order valence-corrected chi connectivity index (χ3v) is 5.98. The minimum absolute atomic E-state index is 0.0127. The molecule has 1 atom stereocenters. The van der Waals surface area contributed by atoms with E-state index in [1.807, 2.05) is 31.2 Å². The normalized spacial score (nSPS) is 18.8. The Morgan fingerprint density at radius 2 is 1.97 bits per heavy atom. The number of amides is 1. The Morgan fingerprint density at radius 3 is 2.66 bits per heavy atom. The highest BCUT2D eigenvalue weighted by Gasteiger charge is 2.24. The fourth-order valence-corrected chi connectivity index (χ4v) is 4.29. The molecule has 152 valence electrons. The zero-order chi connectivity index (χ0) is 20.2. The summed E-state index contributed by atoms with van der Waals surface area (Å²) in [7, 11) is 0. The first kappa shape index (κ1) is 20.0. The molecular weight excluding hydrogens is 384 g/mol. The van der Waals surface area contributed by atoms with E-state index in [2.05, 4.69) is 34.5 Å². The quantitative estimate of drug-likeness (QED) is 0.716. The molecule has 1 aliphatic carbocycles. The lowest BCUT2D eigenvalue weighted by atomic mass is 9.89. The van der Waals surface area contributed by atoms with E-state index < -0.39 is 0 Å². The molecular formula is C24H27ClN2O2. The largest absolute Gasteiger partial charge is 0.378 e. The van der Waals surface area contributed by atoms with Crippen LogP contribution in [-0.2, 0) is 11.3 Å². The van der Waals surface area contributed by atoms with Crippen molar-refractivity contribution in [2.24, 2.45) is 0 Å². The van der Waals surface area contributed by atoms with Crippen molar-refractivity contribution in [3.63, 3.8) is 0 Å². The predicted molar refractivity (Wildman–Crippen MR) is 118 cm³/mol. The summed E-state index contributed by atoms with van der Waals surface area (Å²) in [6.07, 6.45) is 6.59. The Bertz CT molecular complexity index is 902. The maximum Gasteiger partial charge on any atom is 0.252 e. The third-order valence-electron chi connectivity index (χ3n) is 5.73. The molecule has 29 heavy (non-hydrogen) atoms. The van der Waals surface area contributed by atoms with Crippen molar-refractivity contribution < 1.29 is 9.53 Å². The molecule has 2 aromatic rings. The van der Waals surface area contributed by atoms with Crippen LogP contribution in [-0.4, -0.2) is 32.2 Å². The molecule has 0 aromatic heterocycles. The molecule has 1 fully saturated rings. The zero-order valence-electron chi connectivity index (χ0n) is 16.8. The lowest BCUT2D eigenvalue weighted by molar-refractivity contribution is 0.0949. The van der Waals surface area contributed by atoms with Gasteiger partial charge < -0.3 is 15.0 Å². The van der Waals surface area contributed by atoms with Crippen molar-refractivity contribution in [2.75, 3.05) is 31.2 Å². The Hall–Kier alpha value is -2.30. The van der Waals surface area contributed by atoms with E-state index in [0.717, 1.165) is 61.4 Å². The van der Waals surface area contributed by atoms with Crippen molar-refractivity contribution >= 4 is 23.2 Å². The Labute approximate surface area is 177 Å². The number of nitrogens with one attached hydrogen (secondary N) is 1. The predicted octanol–water partition coefficient (Wildman–Crippen LogP) is 4.85. The van der Waals surface area contributed by atoms with E-state index in [-0.39, 0.29) is 5.91 Å². The van der Waals surface area contributed by atoms with Gasteiger partial charge in [0.05, 0.1) is 13.2 Å². The van der Waals surface area contributed by atoms with Gasteiger partial charge >= 0.3 is 0 Å². The minimum atomic E-state index is -0.0127. The summed E-state index contributed by atoms with van der Waals surface area (Å²) < 4.78 is 5.50. The van der Waals surface area contributed by atoms with E-state index in [4.69, 9.17) is 16.3 Å². The minimum Gasteiger partial charge on any atom is -0.378 e. The fraction of sp³-hybridized carbons (Fsp3) is 0.375. The van der Waals surface area contributed by atoms with Crippen LogP contribution in [0.4, 0.5) is 5.69 Å². The number of carbonyl (C=O) groups is 1. The molecule has 2 aromatic carbocycles. The highest BCUT2D eigenvalue weighted by molar-refractivity contribution is 6.30. The summed E-state index contributed by atoms with van der Waals surface area (Å²) in [4.78, 5) is 15.5. The lowest BCUT2D eigenvalue weighted by Crippen LogP contribution is -2.36. The molecule has 0 spiro atoms. The van der Waals surface area contributed by atoms with Crippen LogP contribution in [0.2, 0.25) is 5.02 Å². The molecule has 4 rings (SSSR count). The van der Waals surface area contributed by atoms with E-state index in [1.54, 1.807) is 0 Å². The molecule has 1 heterocycles. The van der Waals surface area contributed by atoms with E-state index in [9.17, 15) is 4.79 Å². The number of hydrogen-bond donors (Lipinski definition) is 1. The summed E-state index contributed by atoms with van der Waals surface area (Å²) in [5.74, 6) is 0.284. The third kappa shape index (κ3) is 4.65. The number of ether oxygens (including phenoxy) is 1. The lowest BCUT2D eigenvalue weighted by Gasteiger charge is -2.30. The number of anilines is 1. The van der Waals surface area contributed by atoms with E-state index in [0.29, 0.717) is 17.5 Å². The summed E-state index contributed by atoms with van der Waals surface area (Å²) >= 11 is 5.96. The topological polar surface area (TPSA) is 41.6 Å². The first-order valence-corrected chi connectivity index (χ1v) is 10.7. The van der Waals surface area contributed by atoms with Gasteiger partial charge in [-0.05, 0) is 60.7 Å². The first-order valence-electron chi connectivity index (χ1n) is 10.3. The van der Waals surface area contributed by atoms with Crippen molar-refractivity contribution in [3.8, 4) is 0 Å². The molecule has 0 bridgehead atoms. The van der Waals surface area contributed by atoms with Crippen molar-refractivity contribution in [2.45, 2.75) is 32.2 Å². The van der Waals surface area contributed by atoms with E-state index >= 15 is 0 Å². The number of rotatable bonds is 5. The smallest absolute Gasteiger partial charge is 0.252 e. The number of halogens is 1. The monoisotopic (exact) mass is 410 g/mol. The van der Waals surface area contributed by atoms with Crippen LogP contribution in [0.1, 0.15) is 45.8 Å². The zero-order valence-corrected chi connectivity index (χ0v) is 17.5. The second kappa shape index (κ2) is 9.02.